The summed E-state index contributed by atoms with van der Waals surface area (Å²) in [6.07, 6.45) is 0. The maximum absolute atomic E-state index is 11.6. The molecule has 2 nitrogen and oxygen atoms in total. The molecule has 1 heterocycles. The van der Waals surface area contributed by atoms with Gasteiger partial charge in [-0.1, -0.05) is 30.3 Å². The van der Waals surface area contributed by atoms with E-state index in [0.29, 0.717) is 0 Å². The van der Waals surface area contributed by atoms with E-state index in [1.165, 1.54) is 16.2 Å². The molecule has 0 unspecified atom stereocenters. The van der Waals surface area contributed by atoms with Gasteiger partial charge in [-0.25, -0.2) is 0 Å². The highest BCUT2D eigenvalue weighted by atomic mass is 16.1. The van der Waals surface area contributed by atoms with Crippen molar-refractivity contribution in [1.82, 2.24) is 4.98 Å². The molecule has 1 N–H and O–H groups in total. The number of nitrogens with one attached hydrogen (secondary N) is 1. The summed E-state index contributed by atoms with van der Waals surface area (Å²) in [5, 5.41) is 4.75. The third-order valence-electron chi connectivity index (χ3n) is 3.89. The van der Waals surface area contributed by atoms with Crippen LogP contribution < -0.4 is 0 Å². The number of hydrogen-bond acceptors (Lipinski definition) is 1. The van der Waals surface area contributed by atoms with Crippen molar-refractivity contribution in [3.63, 3.8) is 0 Å². The standard InChI is InChI=1S/C18H13NO/c1-11(20)13-7-8-16-15(10-13)18-14-5-3-2-4-12(14)6-9-17(18)19-16/h2-10,19H,1H3. The fraction of sp³-hybridized carbons (Fsp3) is 0.0556. The Morgan fingerprint density at radius 2 is 1.70 bits per heavy atom. The molecule has 0 bridgehead atoms. The van der Waals surface area contributed by atoms with Crippen molar-refractivity contribution in [3.05, 3.63) is 60.2 Å². The lowest BCUT2D eigenvalue weighted by Crippen LogP contribution is -1.90. The smallest absolute Gasteiger partial charge is 0.159 e. The van der Waals surface area contributed by atoms with E-state index in [1.54, 1.807) is 6.92 Å². The zero-order valence-corrected chi connectivity index (χ0v) is 11.1. The van der Waals surface area contributed by atoms with Crippen molar-refractivity contribution >= 4 is 38.4 Å². The zero-order valence-electron chi connectivity index (χ0n) is 11.1. The molecule has 1 aromatic heterocycles. The molecule has 0 spiro atoms. The molecule has 0 atom stereocenters. The average Bonchev–Trinajstić information content (AvgIpc) is 2.85. The van der Waals surface area contributed by atoms with Crippen LogP contribution in [-0.2, 0) is 0 Å². The molecule has 4 aromatic rings. The first-order valence-electron chi connectivity index (χ1n) is 6.68. The second-order valence-corrected chi connectivity index (χ2v) is 5.15. The Bertz CT molecular complexity index is 979. The Kier molecular flexibility index (Phi) is 2.21. The molecule has 0 aliphatic rings. The van der Waals surface area contributed by atoms with Crippen molar-refractivity contribution in [2.24, 2.45) is 0 Å². The van der Waals surface area contributed by atoms with Crippen LogP contribution >= 0.6 is 0 Å². The van der Waals surface area contributed by atoms with Crippen molar-refractivity contribution in [1.29, 1.82) is 0 Å². The Hall–Kier alpha value is -2.61. The first-order valence-corrected chi connectivity index (χ1v) is 6.68. The van der Waals surface area contributed by atoms with E-state index in [-0.39, 0.29) is 5.78 Å². The number of rotatable bonds is 1. The lowest BCUT2D eigenvalue weighted by Gasteiger charge is -2.00. The molecular formula is C18H13NO. The summed E-state index contributed by atoms with van der Waals surface area (Å²) < 4.78 is 0. The Morgan fingerprint density at radius 1 is 0.900 bits per heavy atom. The van der Waals surface area contributed by atoms with Crippen LogP contribution in [0, 0.1) is 0 Å². The molecule has 96 valence electrons. The summed E-state index contributed by atoms with van der Waals surface area (Å²) in [5.41, 5.74) is 2.94. The molecule has 0 aliphatic heterocycles. The normalized spacial score (nSPS) is 11.4. The molecule has 0 radical (unpaired) electrons. The van der Waals surface area contributed by atoms with Gasteiger partial charge in [0.25, 0.3) is 0 Å². The van der Waals surface area contributed by atoms with Gasteiger partial charge in [0.15, 0.2) is 5.78 Å². The van der Waals surface area contributed by atoms with Crippen LogP contribution in [0.15, 0.2) is 54.6 Å². The minimum Gasteiger partial charge on any atom is -0.354 e. The van der Waals surface area contributed by atoms with Crippen LogP contribution in [0.3, 0.4) is 0 Å². The number of ketones is 1. The van der Waals surface area contributed by atoms with Gasteiger partial charge in [0.05, 0.1) is 0 Å². The van der Waals surface area contributed by atoms with Crippen LogP contribution in [0.1, 0.15) is 17.3 Å². The number of aromatic amines is 1. The quantitative estimate of drug-likeness (QED) is 0.495. The van der Waals surface area contributed by atoms with E-state index < -0.39 is 0 Å². The van der Waals surface area contributed by atoms with Gasteiger partial charge >= 0.3 is 0 Å². The largest absolute Gasteiger partial charge is 0.354 e. The number of hydrogen-bond donors (Lipinski definition) is 1. The second-order valence-electron chi connectivity index (χ2n) is 5.15. The fourth-order valence-corrected chi connectivity index (χ4v) is 2.89. The van der Waals surface area contributed by atoms with E-state index in [2.05, 4.69) is 35.3 Å². The summed E-state index contributed by atoms with van der Waals surface area (Å²) in [6.45, 7) is 1.61. The van der Waals surface area contributed by atoms with Crippen LogP contribution in [0.5, 0.6) is 0 Å². The van der Waals surface area contributed by atoms with Crippen molar-refractivity contribution in [2.45, 2.75) is 6.92 Å². The molecule has 0 fully saturated rings. The molecule has 20 heavy (non-hydrogen) atoms. The lowest BCUT2D eigenvalue weighted by atomic mass is 10.0. The molecule has 0 saturated carbocycles. The van der Waals surface area contributed by atoms with Crippen molar-refractivity contribution in [2.75, 3.05) is 0 Å². The summed E-state index contributed by atoms with van der Waals surface area (Å²) in [4.78, 5) is 15.0. The van der Waals surface area contributed by atoms with E-state index >= 15 is 0 Å². The van der Waals surface area contributed by atoms with Crippen LogP contribution in [0.25, 0.3) is 32.6 Å². The predicted octanol–water partition coefficient (Wildman–Crippen LogP) is 4.68. The topological polar surface area (TPSA) is 32.9 Å². The fourth-order valence-electron chi connectivity index (χ4n) is 2.89. The van der Waals surface area contributed by atoms with E-state index in [1.807, 2.05) is 24.3 Å². The summed E-state index contributed by atoms with van der Waals surface area (Å²) >= 11 is 0. The number of carbonyl (C=O) groups excluding carboxylic acids is 1. The lowest BCUT2D eigenvalue weighted by molar-refractivity contribution is 0.101. The van der Waals surface area contributed by atoms with Gasteiger partial charge in [0.2, 0.25) is 0 Å². The minimum atomic E-state index is 0.0986. The van der Waals surface area contributed by atoms with E-state index in [9.17, 15) is 4.79 Å². The first kappa shape index (κ1) is 11.2. The molecule has 2 heteroatoms. The Labute approximate surface area is 116 Å². The highest BCUT2D eigenvalue weighted by Crippen LogP contribution is 2.32. The summed E-state index contributed by atoms with van der Waals surface area (Å²) in [6, 6.07) is 18.4. The minimum absolute atomic E-state index is 0.0986. The van der Waals surface area contributed by atoms with Gasteiger partial charge in [0.1, 0.15) is 0 Å². The van der Waals surface area contributed by atoms with Crippen molar-refractivity contribution < 1.29 is 4.79 Å². The van der Waals surface area contributed by atoms with Crippen molar-refractivity contribution in [3.8, 4) is 0 Å². The monoisotopic (exact) mass is 259 g/mol. The van der Waals surface area contributed by atoms with E-state index in [0.717, 1.165) is 22.0 Å². The maximum atomic E-state index is 11.6. The summed E-state index contributed by atoms with van der Waals surface area (Å²) in [5.74, 6) is 0.0986. The maximum Gasteiger partial charge on any atom is 0.159 e. The molecular weight excluding hydrogens is 246 g/mol. The van der Waals surface area contributed by atoms with Gasteiger partial charge < -0.3 is 4.98 Å². The van der Waals surface area contributed by atoms with Crippen LogP contribution in [0.4, 0.5) is 0 Å². The number of fused-ring (bicyclic) bond motifs is 5. The van der Waals surface area contributed by atoms with Crippen LogP contribution in [-0.4, -0.2) is 10.8 Å². The van der Waals surface area contributed by atoms with E-state index in [4.69, 9.17) is 0 Å². The highest BCUT2D eigenvalue weighted by Gasteiger charge is 2.09. The molecule has 0 amide bonds. The van der Waals surface area contributed by atoms with Gasteiger partial charge in [-0.15, -0.1) is 0 Å². The zero-order chi connectivity index (χ0) is 13.7. The Balaban J connectivity index is 2.25. The molecule has 0 aliphatic carbocycles. The highest BCUT2D eigenvalue weighted by molar-refractivity contribution is 6.21. The third-order valence-corrected chi connectivity index (χ3v) is 3.89. The Morgan fingerprint density at radius 3 is 2.55 bits per heavy atom. The number of carbonyl (C=O) groups is 1. The molecule has 3 aromatic carbocycles. The van der Waals surface area contributed by atoms with Gasteiger partial charge in [-0.05, 0) is 42.0 Å². The number of benzene rings is 3. The number of H-pyrrole nitrogens is 1. The SMILES string of the molecule is CC(=O)c1ccc2[nH]c3ccc4ccccc4c3c2c1. The summed E-state index contributed by atoms with van der Waals surface area (Å²) in [7, 11) is 0. The van der Waals surface area contributed by atoms with Gasteiger partial charge in [-0.2, -0.15) is 0 Å². The first-order chi connectivity index (χ1) is 9.74. The predicted molar refractivity (Wildman–Crippen MR) is 83.3 cm³/mol. The average molecular weight is 259 g/mol. The van der Waals surface area contributed by atoms with Gasteiger partial charge in [0, 0.05) is 27.4 Å². The number of Topliss-reactive ketones (excluding diaryl/α,β-unsaturated/α-hetero) is 1. The molecule has 0 saturated heterocycles. The van der Waals surface area contributed by atoms with Gasteiger partial charge in [-0.3, -0.25) is 4.79 Å². The molecule has 4 rings (SSSR count). The van der Waals surface area contributed by atoms with Crippen LogP contribution in [0.2, 0.25) is 0 Å². The second kappa shape index (κ2) is 3.94. The third kappa shape index (κ3) is 1.48. The number of aromatic nitrogens is 1.